The van der Waals surface area contributed by atoms with Crippen molar-refractivity contribution in [1.82, 2.24) is 15.2 Å². The third kappa shape index (κ3) is 3.63. The third-order valence-electron chi connectivity index (χ3n) is 3.83. The number of anilines is 2. The minimum Gasteiger partial charge on any atom is -0.323 e. The minimum atomic E-state index is -0.196. The fourth-order valence-corrected chi connectivity index (χ4v) is 4.06. The van der Waals surface area contributed by atoms with Crippen molar-refractivity contribution in [2.24, 2.45) is 0 Å². The molecule has 0 aliphatic carbocycles. The third-order valence-corrected chi connectivity index (χ3v) is 5.54. The molecule has 0 spiro atoms. The zero-order valence-corrected chi connectivity index (χ0v) is 15.3. The van der Waals surface area contributed by atoms with Crippen LogP contribution in [0.2, 0.25) is 0 Å². The highest BCUT2D eigenvalue weighted by Gasteiger charge is 2.26. The van der Waals surface area contributed by atoms with Crippen molar-refractivity contribution >= 4 is 46.3 Å². The van der Waals surface area contributed by atoms with Gasteiger partial charge in [0, 0.05) is 11.3 Å². The SMILES string of the molecule is O=C1CN(C(=O)CSc2n[nH]c(Cc3cccs3)n2)c2ccccc2N1. The van der Waals surface area contributed by atoms with Crippen LogP contribution < -0.4 is 10.2 Å². The number of aromatic amines is 1. The summed E-state index contributed by atoms with van der Waals surface area (Å²) in [5, 5.41) is 12.4. The Morgan fingerprint density at radius 2 is 2.15 bits per heavy atom. The molecule has 0 fully saturated rings. The first-order valence-corrected chi connectivity index (χ1v) is 9.81. The molecule has 2 N–H and O–H groups in total. The number of carbonyl (C=O) groups excluding carboxylic acids is 2. The Kier molecular flexibility index (Phi) is 4.72. The number of amides is 2. The summed E-state index contributed by atoms with van der Waals surface area (Å²) in [6, 6.07) is 11.3. The van der Waals surface area contributed by atoms with E-state index in [0.717, 1.165) is 5.82 Å². The fourth-order valence-electron chi connectivity index (χ4n) is 2.66. The molecule has 132 valence electrons. The summed E-state index contributed by atoms with van der Waals surface area (Å²) in [5.74, 6) is 0.586. The highest BCUT2D eigenvalue weighted by Crippen LogP contribution is 2.29. The minimum absolute atomic E-state index is 0.0219. The molecule has 0 unspecified atom stereocenters. The highest BCUT2D eigenvalue weighted by molar-refractivity contribution is 7.99. The van der Waals surface area contributed by atoms with Crippen molar-refractivity contribution in [2.45, 2.75) is 11.6 Å². The second kappa shape index (κ2) is 7.30. The van der Waals surface area contributed by atoms with Crippen LogP contribution in [0.15, 0.2) is 46.9 Å². The zero-order valence-electron chi connectivity index (χ0n) is 13.6. The van der Waals surface area contributed by atoms with Crippen LogP contribution in [0.1, 0.15) is 10.7 Å². The number of hydrogen-bond donors (Lipinski definition) is 2. The molecule has 1 aromatic carbocycles. The molecule has 1 aliphatic rings. The fraction of sp³-hybridized carbons (Fsp3) is 0.176. The Labute approximate surface area is 157 Å². The predicted octanol–water partition coefficient (Wildman–Crippen LogP) is 2.53. The zero-order chi connectivity index (χ0) is 17.9. The van der Waals surface area contributed by atoms with Gasteiger partial charge in [0.1, 0.15) is 12.4 Å². The molecule has 0 bridgehead atoms. The molecule has 2 aromatic heterocycles. The molecule has 0 atom stereocenters. The Morgan fingerprint density at radius 3 is 3.00 bits per heavy atom. The number of nitrogens with one attached hydrogen (secondary N) is 2. The summed E-state index contributed by atoms with van der Waals surface area (Å²) >= 11 is 2.92. The van der Waals surface area contributed by atoms with E-state index in [1.807, 2.05) is 35.7 Å². The number of thioether (sulfide) groups is 1. The summed E-state index contributed by atoms with van der Waals surface area (Å²) < 4.78 is 0. The van der Waals surface area contributed by atoms with Gasteiger partial charge in [0.15, 0.2) is 0 Å². The van der Waals surface area contributed by atoms with Crippen molar-refractivity contribution < 1.29 is 9.59 Å². The van der Waals surface area contributed by atoms with Crippen molar-refractivity contribution in [1.29, 1.82) is 0 Å². The topological polar surface area (TPSA) is 91.0 Å². The lowest BCUT2D eigenvalue weighted by atomic mass is 10.2. The van der Waals surface area contributed by atoms with Gasteiger partial charge in [-0.15, -0.1) is 16.4 Å². The number of fused-ring (bicyclic) bond motifs is 1. The largest absolute Gasteiger partial charge is 0.323 e. The first kappa shape index (κ1) is 16.8. The van der Waals surface area contributed by atoms with Gasteiger partial charge in [-0.1, -0.05) is 30.0 Å². The predicted molar refractivity (Wildman–Crippen MR) is 102 cm³/mol. The van der Waals surface area contributed by atoms with Crippen LogP contribution in [0, 0.1) is 0 Å². The maximum atomic E-state index is 12.6. The molecule has 3 aromatic rings. The number of nitrogens with zero attached hydrogens (tertiary/aromatic N) is 3. The quantitative estimate of drug-likeness (QED) is 0.659. The maximum absolute atomic E-state index is 12.6. The molecule has 1 aliphatic heterocycles. The van der Waals surface area contributed by atoms with Gasteiger partial charge in [0.05, 0.1) is 17.1 Å². The van der Waals surface area contributed by atoms with E-state index in [1.54, 1.807) is 17.4 Å². The van der Waals surface area contributed by atoms with Gasteiger partial charge in [0.25, 0.3) is 0 Å². The van der Waals surface area contributed by atoms with Gasteiger partial charge in [0.2, 0.25) is 17.0 Å². The molecule has 7 nitrogen and oxygen atoms in total. The number of aromatic nitrogens is 3. The molecule has 9 heteroatoms. The van der Waals surface area contributed by atoms with E-state index in [0.29, 0.717) is 23.0 Å². The Hall–Kier alpha value is -2.65. The average molecular weight is 385 g/mol. The average Bonchev–Trinajstić information content (AvgIpc) is 3.31. The highest BCUT2D eigenvalue weighted by atomic mass is 32.2. The summed E-state index contributed by atoms with van der Waals surface area (Å²) in [4.78, 5) is 31.5. The lowest BCUT2D eigenvalue weighted by molar-refractivity contribution is -0.120. The number of hydrogen-bond acceptors (Lipinski definition) is 6. The van der Waals surface area contributed by atoms with E-state index in [-0.39, 0.29) is 24.1 Å². The van der Waals surface area contributed by atoms with Crippen molar-refractivity contribution in [3.63, 3.8) is 0 Å². The Balaban J connectivity index is 1.40. The van der Waals surface area contributed by atoms with Gasteiger partial charge in [-0.25, -0.2) is 4.98 Å². The maximum Gasteiger partial charge on any atom is 0.244 e. The monoisotopic (exact) mass is 385 g/mol. The second-order valence-electron chi connectivity index (χ2n) is 5.65. The van der Waals surface area contributed by atoms with Crippen molar-refractivity contribution in [3.05, 3.63) is 52.5 Å². The van der Waals surface area contributed by atoms with Crippen molar-refractivity contribution in [2.75, 3.05) is 22.5 Å². The van der Waals surface area contributed by atoms with Gasteiger partial charge in [-0.05, 0) is 23.6 Å². The summed E-state index contributed by atoms with van der Waals surface area (Å²) in [6.45, 7) is 0.0219. The van der Waals surface area contributed by atoms with Gasteiger partial charge in [-0.2, -0.15) is 0 Å². The van der Waals surface area contributed by atoms with Crippen LogP contribution >= 0.6 is 23.1 Å². The Bertz CT molecular complexity index is 938. The Morgan fingerprint density at radius 1 is 1.27 bits per heavy atom. The molecule has 0 saturated carbocycles. The molecule has 26 heavy (non-hydrogen) atoms. The van der Waals surface area contributed by atoms with Crippen LogP contribution in [0.3, 0.4) is 0 Å². The lowest BCUT2D eigenvalue weighted by Crippen LogP contribution is -2.43. The first-order valence-electron chi connectivity index (χ1n) is 7.95. The van der Waals surface area contributed by atoms with E-state index >= 15 is 0 Å². The number of para-hydroxylation sites is 2. The van der Waals surface area contributed by atoms with Crippen LogP contribution in [-0.4, -0.2) is 39.3 Å². The van der Waals surface area contributed by atoms with Crippen LogP contribution in [0.25, 0.3) is 0 Å². The van der Waals surface area contributed by atoms with Crippen LogP contribution in [0.4, 0.5) is 11.4 Å². The van der Waals surface area contributed by atoms with Gasteiger partial charge < -0.3 is 10.2 Å². The number of carbonyl (C=O) groups is 2. The molecule has 0 saturated heterocycles. The summed E-state index contributed by atoms with van der Waals surface area (Å²) in [7, 11) is 0. The molecule has 2 amide bonds. The number of rotatable bonds is 5. The molecule has 0 radical (unpaired) electrons. The lowest BCUT2D eigenvalue weighted by Gasteiger charge is -2.28. The number of H-pyrrole nitrogens is 1. The molecular weight excluding hydrogens is 370 g/mol. The van der Waals surface area contributed by atoms with Crippen LogP contribution in [0.5, 0.6) is 0 Å². The standard InChI is InChI=1S/C17H15N5O2S2/c23-15-9-22(13-6-2-1-5-12(13)18-15)16(24)10-26-17-19-14(20-21-17)8-11-4-3-7-25-11/h1-7H,8-10H2,(H,18,23)(H,19,20,21). The van der Waals surface area contributed by atoms with Gasteiger partial charge in [-0.3, -0.25) is 14.7 Å². The second-order valence-corrected chi connectivity index (χ2v) is 7.63. The van der Waals surface area contributed by atoms with E-state index in [9.17, 15) is 9.59 Å². The summed E-state index contributed by atoms with van der Waals surface area (Å²) in [6.07, 6.45) is 0.693. The smallest absolute Gasteiger partial charge is 0.244 e. The van der Waals surface area contributed by atoms with Crippen LogP contribution in [-0.2, 0) is 16.0 Å². The van der Waals surface area contributed by atoms with Crippen molar-refractivity contribution in [3.8, 4) is 0 Å². The number of thiophene rings is 1. The van der Waals surface area contributed by atoms with E-state index < -0.39 is 0 Å². The van der Waals surface area contributed by atoms with E-state index in [2.05, 4.69) is 20.5 Å². The molecular formula is C17H15N5O2S2. The van der Waals surface area contributed by atoms with E-state index in [1.165, 1.54) is 21.5 Å². The van der Waals surface area contributed by atoms with Gasteiger partial charge >= 0.3 is 0 Å². The molecule has 3 heterocycles. The summed E-state index contributed by atoms with van der Waals surface area (Å²) in [5.41, 5.74) is 1.37. The van der Waals surface area contributed by atoms with E-state index in [4.69, 9.17) is 0 Å². The first-order chi connectivity index (χ1) is 12.7. The normalized spacial score (nSPS) is 13.4. The molecule has 4 rings (SSSR count). The number of benzene rings is 1.